The maximum atomic E-state index is 6.08. The summed E-state index contributed by atoms with van der Waals surface area (Å²) in [5, 5.41) is 3.34. The summed E-state index contributed by atoms with van der Waals surface area (Å²) in [6.45, 7) is 8.17. The van der Waals surface area contributed by atoms with Crippen molar-refractivity contribution in [2.45, 2.75) is 39.3 Å². The summed E-state index contributed by atoms with van der Waals surface area (Å²) in [6, 6.07) is 6.10. The van der Waals surface area contributed by atoms with Crippen LogP contribution in [0.25, 0.3) is 0 Å². The molecule has 1 atom stereocenters. The first-order valence-corrected chi connectivity index (χ1v) is 7.54. The van der Waals surface area contributed by atoms with Gasteiger partial charge in [0.25, 0.3) is 0 Å². The van der Waals surface area contributed by atoms with E-state index < -0.39 is 0 Å². The van der Waals surface area contributed by atoms with Gasteiger partial charge in [0.05, 0.1) is 19.8 Å². The van der Waals surface area contributed by atoms with E-state index >= 15 is 0 Å². The first kappa shape index (κ1) is 15.1. The number of benzene rings is 1. The average molecular weight is 279 g/mol. The summed E-state index contributed by atoms with van der Waals surface area (Å²) in [6.07, 6.45) is 2.13. The summed E-state index contributed by atoms with van der Waals surface area (Å²) in [5.74, 6) is 1.79. The number of rotatable bonds is 8. The van der Waals surface area contributed by atoms with E-state index in [9.17, 15) is 0 Å². The minimum atomic E-state index is 0.164. The van der Waals surface area contributed by atoms with Gasteiger partial charge in [-0.05, 0) is 19.0 Å². The Kier molecular flexibility index (Phi) is 6.15. The monoisotopic (exact) mass is 279 g/mol. The molecule has 1 N–H and O–H groups in total. The highest BCUT2D eigenvalue weighted by Gasteiger charge is 2.19. The lowest BCUT2D eigenvalue weighted by molar-refractivity contribution is 0.140. The zero-order valence-electron chi connectivity index (χ0n) is 12.5. The van der Waals surface area contributed by atoms with Gasteiger partial charge in [0.1, 0.15) is 17.6 Å². The van der Waals surface area contributed by atoms with Crippen LogP contribution in [-0.4, -0.2) is 32.5 Å². The summed E-state index contributed by atoms with van der Waals surface area (Å²) < 4.78 is 17.1. The number of nitrogens with one attached hydrogen (secondary N) is 1. The number of ether oxygens (including phenoxy) is 3. The Morgan fingerprint density at radius 2 is 2.25 bits per heavy atom. The molecular weight excluding hydrogens is 254 g/mol. The van der Waals surface area contributed by atoms with Gasteiger partial charge in [0.2, 0.25) is 0 Å². The molecule has 1 aliphatic heterocycles. The third-order valence-electron chi connectivity index (χ3n) is 3.26. The fourth-order valence-corrected chi connectivity index (χ4v) is 2.15. The van der Waals surface area contributed by atoms with Gasteiger partial charge in [-0.3, -0.25) is 0 Å². The van der Waals surface area contributed by atoms with Crippen LogP contribution in [0.2, 0.25) is 0 Å². The molecule has 4 nitrogen and oxygen atoms in total. The molecule has 2 rings (SSSR count). The van der Waals surface area contributed by atoms with Crippen LogP contribution in [0.15, 0.2) is 18.2 Å². The van der Waals surface area contributed by atoms with E-state index in [1.54, 1.807) is 0 Å². The summed E-state index contributed by atoms with van der Waals surface area (Å²) in [7, 11) is 0. The second kappa shape index (κ2) is 8.12. The highest BCUT2D eigenvalue weighted by Crippen LogP contribution is 2.27. The molecule has 1 aromatic rings. The molecule has 0 spiro atoms. The predicted molar refractivity (Wildman–Crippen MR) is 79.5 cm³/mol. The summed E-state index contributed by atoms with van der Waals surface area (Å²) in [4.78, 5) is 0. The zero-order chi connectivity index (χ0) is 14.2. The van der Waals surface area contributed by atoms with Crippen LogP contribution in [0.3, 0.4) is 0 Å². The van der Waals surface area contributed by atoms with Crippen LogP contribution in [0.1, 0.15) is 32.3 Å². The maximum Gasteiger partial charge on any atom is 0.128 e. The predicted octanol–water partition coefficient (Wildman–Crippen LogP) is 2.75. The van der Waals surface area contributed by atoms with E-state index in [1.165, 1.54) is 5.56 Å². The van der Waals surface area contributed by atoms with Crippen LogP contribution in [0, 0.1) is 0 Å². The highest BCUT2D eigenvalue weighted by atomic mass is 16.5. The van der Waals surface area contributed by atoms with Crippen molar-refractivity contribution in [1.29, 1.82) is 0 Å². The molecule has 0 amide bonds. The molecule has 1 fully saturated rings. The van der Waals surface area contributed by atoms with E-state index in [0.29, 0.717) is 6.61 Å². The van der Waals surface area contributed by atoms with Crippen molar-refractivity contribution in [2.24, 2.45) is 0 Å². The van der Waals surface area contributed by atoms with Crippen molar-refractivity contribution in [1.82, 2.24) is 5.32 Å². The lowest BCUT2D eigenvalue weighted by atomic mass is 10.2. The number of hydrogen-bond donors (Lipinski definition) is 1. The van der Waals surface area contributed by atoms with Gasteiger partial charge < -0.3 is 19.5 Å². The normalized spacial score (nSPS) is 18.2. The van der Waals surface area contributed by atoms with Crippen molar-refractivity contribution in [3.05, 3.63) is 23.8 Å². The quantitative estimate of drug-likeness (QED) is 0.794. The molecule has 1 aliphatic rings. The Bertz CT molecular complexity index is 403. The van der Waals surface area contributed by atoms with Crippen LogP contribution >= 0.6 is 0 Å². The fourth-order valence-electron chi connectivity index (χ4n) is 2.15. The smallest absolute Gasteiger partial charge is 0.128 e. The van der Waals surface area contributed by atoms with E-state index in [2.05, 4.69) is 25.2 Å². The molecule has 0 bridgehead atoms. The van der Waals surface area contributed by atoms with Crippen molar-refractivity contribution >= 4 is 0 Å². The SMILES string of the molecule is CCCOc1ccc(CNCC)c(OC2CCOC2)c1. The van der Waals surface area contributed by atoms with E-state index in [0.717, 1.165) is 50.6 Å². The third kappa shape index (κ3) is 4.39. The van der Waals surface area contributed by atoms with Gasteiger partial charge in [-0.15, -0.1) is 0 Å². The Morgan fingerprint density at radius 3 is 2.95 bits per heavy atom. The van der Waals surface area contributed by atoms with Crippen LogP contribution in [0.5, 0.6) is 11.5 Å². The van der Waals surface area contributed by atoms with Gasteiger partial charge in [-0.2, -0.15) is 0 Å². The highest BCUT2D eigenvalue weighted by molar-refractivity contribution is 5.41. The van der Waals surface area contributed by atoms with Gasteiger partial charge in [-0.1, -0.05) is 19.9 Å². The minimum absolute atomic E-state index is 0.164. The largest absolute Gasteiger partial charge is 0.493 e. The van der Waals surface area contributed by atoms with Gasteiger partial charge in [0.15, 0.2) is 0 Å². The van der Waals surface area contributed by atoms with Crippen LogP contribution in [0.4, 0.5) is 0 Å². The van der Waals surface area contributed by atoms with Gasteiger partial charge in [-0.25, -0.2) is 0 Å². The average Bonchev–Trinajstić information content (AvgIpc) is 2.97. The molecule has 0 aliphatic carbocycles. The first-order chi connectivity index (χ1) is 9.83. The van der Waals surface area contributed by atoms with Crippen LogP contribution in [-0.2, 0) is 11.3 Å². The Balaban J connectivity index is 2.08. The fraction of sp³-hybridized carbons (Fsp3) is 0.625. The molecule has 1 heterocycles. The zero-order valence-corrected chi connectivity index (χ0v) is 12.5. The topological polar surface area (TPSA) is 39.7 Å². The second-order valence-electron chi connectivity index (χ2n) is 5.00. The van der Waals surface area contributed by atoms with Gasteiger partial charge >= 0.3 is 0 Å². The third-order valence-corrected chi connectivity index (χ3v) is 3.26. The Morgan fingerprint density at radius 1 is 1.35 bits per heavy atom. The van der Waals surface area contributed by atoms with Crippen molar-refractivity contribution in [3.63, 3.8) is 0 Å². The molecule has 0 aromatic heterocycles. The molecule has 20 heavy (non-hydrogen) atoms. The molecule has 112 valence electrons. The van der Waals surface area contributed by atoms with Gasteiger partial charge in [0, 0.05) is 24.6 Å². The molecule has 0 saturated carbocycles. The summed E-state index contributed by atoms with van der Waals surface area (Å²) >= 11 is 0. The number of hydrogen-bond acceptors (Lipinski definition) is 4. The molecular formula is C16H25NO3. The van der Waals surface area contributed by atoms with E-state index in [4.69, 9.17) is 14.2 Å². The first-order valence-electron chi connectivity index (χ1n) is 7.54. The van der Waals surface area contributed by atoms with Crippen molar-refractivity contribution < 1.29 is 14.2 Å². The lowest BCUT2D eigenvalue weighted by Gasteiger charge is -2.17. The van der Waals surface area contributed by atoms with E-state index in [1.807, 2.05) is 12.1 Å². The molecule has 1 saturated heterocycles. The minimum Gasteiger partial charge on any atom is -0.493 e. The molecule has 1 aromatic carbocycles. The molecule has 4 heteroatoms. The molecule has 0 radical (unpaired) electrons. The van der Waals surface area contributed by atoms with Crippen LogP contribution < -0.4 is 14.8 Å². The van der Waals surface area contributed by atoms with Crippen molar-refractivity contribution in [2.75, 3.05) is 26.4 Å². The lowest BCUT2D eigenvalue weighted by Crippen LogP contribution is -2.18. The summed E-state index contributed by atoms with van der Waals surface area (Å²) in [5.41, 5.74) is 1.17. The second-order valence-corrected chi connectivity index (χ2v) is 5.00. The van der Waals surface area contributed by atoms with Crippen molar-refractivity contribution in [3.8, 4) is 11.5 Å². The van der Waals surface area contributed by atoms with E-state index in [-0.39, 0.29) is 6.10 Å². The standard InChI is InChI=1S/C16H25NO3/c1-3-8-19-14-6-5-13(11-17-4-2)16(10-14)20-15-7-9-18-12-15/h5-6,10,15,17H,3-4,7-9,11-12H2,1-2H3. The Labute approximate surface area is 121 Å². The maximum absolute atomic E-state index is 6.08. The Hall–Kier alpha value is -1.26. The molecule has 1 unspecified atom stereocenters.